The van der Waals surface area contributed by atoms with Gasteiger partial charge < -0.3 is 21.4 Å². The third-order valence-corrected chi connectivity index (χ3v) is 5.92. The molecule has 0 fully saturated rings. The van der Waals surface area contributed by atoms with Crippen molar-refractivity contribution < 1.29 is 0 Å². The van der Waals surface area contributed by atoms with Gasteiger partial charge in [-0.3, -0.25) is 0 Å². The highest BCUT2D eigenvalue weighted by Crippen LogP contribution is 2.36. The Morgan fingerprint density at radius 1 is 0.923 bits per heavy atom. The van der Waals surface area contributed by atoms with E-state index in [1.807, 2.05) is 0 Å². The Labute approximate surface area is 168 Å². The molecule has 26 heavy (non-hydrogen) atoms. The summed E-state index contributed by atoms with van der Waals surface area (Å²) in [4.78, 5) is 6.99. The third kappa shape index (κ3) is 3.01. The molecule has 0 aliphatic heterocycles. The molecule has 2 aromatic heterocycles. The highest BCUT2D eigenvalue weighted by molar-refractivity contribution is 9.10. The molecule has 0 spiro atoms. The highest BCUT2D eigenvalue weighted by atomic mass is 79.9. The van der Waals surface area contributed by atoms with Crippen molar-refractivity contribution in [3.63, 3.8) is 0 Å². The molecular formula is C20H20Br2N4. The zero-order valence-corrected chi connectivity index (χ0v) is 17.3. The number of benzene rings is 2. The number of rotatable bonds is 5. The lowest BCUT2D eigenvalue weighted by Gasteiger charge is -2.16. The summed E-state index contributed by atoms with van der Waals surface area (Å²) >= 11 is 7.09. The number of fused-ring (bicyclic) bond motifs is 2. The Morgan fingerprint density at radius 3 is 2.31 bits per heavy atom. The summed E-state index contributed by atoms with van der Waals surface area (Å²) in [6.45, 7) is 1.13. The molecular weight excluding hydrogens is 456 g/mol. The first-order valence-electron chi connectivity index (χ1n) is 8.59. The van der Waals surface area contributed by atoms with E-state index in [0.717, 1.165) is 32.1 Å². The van der Waals surface area contributed by atoms with Crippen LogP contribution in [0.4, 0.5) is 0 Å². The summed E-state index contributed by atoms with van der Waals surface area (Å²) < 4.78 is 2.11. The summed E-state index contributed by atoms with van der Waals surface area (Å²) in [5.74, 6) is 0.0812. The van der Waals surface area contributed by atoms with Crippen LogP contribution in [0.3, 0.4) is 0 Å². The van der Waals surface area contributed by atoms with Crippen LogP contribution in [0.25, 0.3) is 21.8 Å². The third-order valence-electron chi connectivity index (χ3n) is 4.93. The number of nitrogens with one attached hydrogen (secondary N) is 2. The summed E-state index contributed by atoms with van der Waals surface area (Å²) in [5, 5.41) is 2.41. The fourth-order valence-corrected chi connectivity index (χ4v) is 4.49. The fourth-order valence-electron chi connectivity index (χ4n) is 3.77. The molecule has 0 bridgehead atoms. The van der Waals surface area contributed by atoms with Crippen LogP contribution in [0.5, 0.6) is 0 Å². The van der Waals surface area contributed by atoms with Crippen molar-refractivity contribution in [3.05, 3.63) is 68.4 Å². The van der Waals surface area contributed by atoms with Crippen molar-refractivity contribution in [3.8, 4) is 0 Å². The van der Waals surface area contributed by atoms with Gasteiger partial charge in [0.1, 0.15) is 0 Å². The van der Waals surface area contributed by atoms with E-state index < -0.39 is 0 Å². The van der Waals surface area contributed by atoms with Gasteiger partial charge in [0.25, 0.3) is 0 Å². The zero-order chi connectivity index (χ0) is 18.3. The molecule has 0 aliphatic carbocycles. The van der Waals surface area contributed by atoms with Crippen LogP contribution in [-0.2, 0) is 6.42 Å². The van der Waals surface area contributed by atoms with Crippen LogP contribution >= 0.6 is 31.9 Å². The fraction of sp³-hybridized carbons (Fsp3) is 0.200. The van der Waals surface area contributed by atoms with Crippen molar-refractivity contribution in [2.24, 2.45) is 11.5 Å². The second-order valence-corrected chi connectivity index (χ2v) is 8.30. The number of H-pyrrole nitrogens is 2. The highest BCUT2D eigenvalue weighted by Gasteiger charge is 2.23. The van der Waals surface area contributed by atoms with E-state index >= 15 is 0 Å². The molecule has 2 aromatic carbocycles. The van der Waals surface area contributed by atoms with Gasteiger partial charge in [0.05, 0.1) is 0 Å². The average Bonchev–Trinajstić information content (AvgIpc) is 3.18. The van der Waals surface area contributed by atoms with Crippen molar-refractivity contribution in [1.82, 2.24) is 9.97 Å². The largest absolute Gasteiger partial charge is 0.361 e. The summed E-state index contributed by atoms with van der Waals surface area (Å²) in [6.07, 6.45) is 2.89. The maximum absolute atomic E-state index is 6.25. The Balaban J connectivity index is 1.91. The minimum Gasteiger partial charge on any atom is -0.361 e. The van der Waals surface area contributed by atoms with Gasteiger partial charge in [0, 0.05) is 55.1 Å². The van der Waals surface area contributed by atoms with E-state index in [-0.39, 0.29) is 5.92 Å². The Morgan fingerprint density at radius 2 is 1.62 bits per heavy atom. The van der Waals surface area contributed by atoms with Crippen molar-refractivity contribution >= 4 is 53.7 Å². The Bertz CT molecular complexity index is 1080. The molecule has 0 unspecified atom stereocenters. The predicted octanol–water partition coefficient (Wildman–Crippen LogP) is 4.77. The van der Waals surface area contributed by atoms with Gasteiger partial charge in [0.2, 0.25) is 0 Å². The van der Waals surface area contributed by atoms with E-state index in [1.165, 1.54) is 21.9 Å². The van der Waals surface area contributed by atoms with Gasteiger partial charge >= 0.3 is 0 Å². The molecule has 0 saturated carbocycles. The lowest BCUT2D eigenvalue weighted by molar-refractivity contribution is 0.784. The lowest BCUT2D eigenvalue weighted by atomic mass is 9.91. The lowest BCUT2D eigenvalue weighted by Crippen LogP contribution is -2.16. The van der Waals surface area contributed by atoms with E-state index in [4.69, 9.17) is 11.5 Å². The van der Waals surface area contributed by atoms with Gasteiger partial charge in [-0.25, -0.2) is 0 Å². The molecule has 6 heteroatoms. The monoisotopic (exact) mass is 474 g/mol. The van der Waals surface area contributed by atoms with E-state index in [9.17, 15) is 0 Å². The molecule has 2 heterocycles. The van der Waals surface area contributed by atoms with Crippen LogP contribution in [0, 0.1) is 0 Å². The number of aromatic nitrogens is 2. The maximum Gasteiger partial charge on any atom is 0.0470 e. The first-order chi connectivity index (χ1) is 12.6. The minimum absolute atomic E-state index is 0.0812. The van der Waals surface area contributed by atoms with Crippen LogP contribution in [0.1, 0.15) is 22.7 Å². The molecule has 0 amide bonds. The molecule has 0 radical (unpaired) electrons. The number of hydrogen-bond donors (Lipinski definition) is 4. The van der Waals surface area contributed by atoms with Gasteiger partial charge in [-0.15, -0.1) is 0 Å². The van der Waals surface area contributed by atoms with Gasteiger partial charge in [-0.2, -0.15) is 0 Å². The maximum atomic E-state index is 6.25. The second kappa shape index (κ2) is 7.19. The normalized spacial score (nSPS) is 12.9. The average molecular weight is 476 g/mol. The van der Waals surface area contributed by atoms with E-state index in [1.54, 1.807) is 0 Å². The van der Waals surface area contributed by atoms with Gasteiger partial charge in [-0.05, 0) is 48.4 Å². The summed E-state index contributed by atoms with van der Waals surface area (Å²) in [6, 6.07) is 12.6. The van der Waals surface area contributed by atoms with E-state index in [2.05, 4.69) is 84.4 Å². The Hall–Kier alpha value is -1.60. The first-order valence-corrected chi connectivity index (χ1v) is 10.2. The van der Waals surface area contributed by atoms with Crippen molar-refractivity contribution in [2.45, 2.75) is 12.3 Å². The van der Waals surface area contributed by atoms with Crippen LogP contribution in [0.15, 0.2) is 51.5 Å². The topological polar surface area (TPSA) is 83.6 Å². The van der Waals surface area contributed by atoms with Crippen LogP contribution in [-0.4, -0.2) is 23.1 Å². The quantitative estimate of drug-likeness (QED) is 0.335. The van der Waals surface area contributed by atoms with Gasteiger partial charge in [-0.1, -0.05) is 44.0 Å². The molecule has 0 aliphatic rings. The minimum atomic E-state index is 0.0812. The molecule has 4 nitrogen and oxygen atoms in total. The summed E-state index contributed by atoms with van der Waals surface area (Å²) in [5.41, 5.74) is 18.0. The number of halogens is 2. The molecule has 134 valence electrons. The standard InChI is InChI=1S/C20H20Br2N4/c21-11-2-4-14-17(10-25-18(14)7-11)16(9-24)20-15(5-6-23)13-3-1-12(22)8-19(13)26-20/h1-4,7-8,10,16,25-26H,5-6,9,23-24H2/t16-/m0/s1. The number of aromatic amines is 2. The van der Waals surface area contributed by atoms with Crippen LogP contribution in [0.2, 0.25) is 0 Å². The number of nitrogens with two attached hydrogens (primary N) is 2. The smallest absolute Gasteiger partial charge is 0.0470 e. The molecule has 0 saturated heterocycles. The molecule has 4 rings (SSSR count). The first kappa shape index (κ1) is 17.8. The van der Waals surface area contributed by atoms with Crippen molar-refractivity contribution in [2.75, 3.05) is 13.1 Å². The summed E-state index contributed by atoms with van der Waals surface area (Å²) in [7, 11) is 0. The second-order valence-electron chi connectivity index (χ2n) is 6.47. The number of hydrogen-bond acceptors (Lipinski definition) is 2. The zero-order valence-electron chi connectivity index (χ0n) is 14.2. The molecule has 6 N–H and O–H groups in total. The SMILES string of the molecule is NCCc1c([C@@H](CN)c2c[nH]c3cc(Br)ccc23)[nH]c2cc(Br)ccc12. The molecule has 1 atom stereocenters. The predicted molar refractivity (Wildman–Crippen MR) is 116 cm³/mol. The van der Waals surface area contributed by atoms with Crippen LogP contribution < -0.4 is 11.5 Å². The Kier molecular flexibility index (Phi) is 4.92. The van der Waals surface area contributed by atoms with E-state index in [0.29, 0.717) is 13.1 Å². The van der Waals surface area contributed by atoms with Gasteiger partial charge in [0.15, 0.2) is 0 Å². The molecule has 4 aromatic rings. The van der Waals surface area contributed by atoms with Crippen molar-refractivity contribution in [1.29, 1.82) is 0 Å².